The molecule has 2 atom stereocenters. The first-order chi connectivity index (χ1) is 17.6. The highest BCUT2D eigenvalue weighted by Gasteiger charge is 2.46. The van der Waals surface area contributed by atoms with Crippen LogP contribution in [0.5, 0.6) is 0 Å². The fourth-order valence-electron chi connectivity index (χ4n) is 5.18. The molecule has 4 heterocycles. The van der Waals surface area contributed by atoms with Crippen molar-refractivity contribution in [1.82, 2.24) is 29.8 Å². The monoisotopic (exact) mass is 512 g/mol. The number of aliphatic hydroxyl groups excluding tert-OH is 1. The highest BCUT2D eigenvalue weighted by Crippen LogP contribution is 2.40. The minimum absolute atomic E-state index is 0.0493. The number of para-hydroxylation sites is 1. The first-order valence-electron chi connectivity index (χ1n) is 12.5. The summed E-state index contributed by atoms with van der Waals surface area (Å²) in [6.45, 7) is 7.23. The predicted octanol–water partition coefficient (Wildman–Crippen LogP) is 4.50. The minimum atomic E-state index is -4.46. The van der Waals surface area contributed by atoms with Gasteiger partial charge in [-0.3, -0.25) is 9.30 Å². The van der Waals surface area contributed by atoms with Gasteiger partial charge in [-0.05, 0) is 35.1 Å². The summed E-state index contributed by atoms with van der Waals surface area (Å²) in [5, 5.41) is 21.6. The van der Waals surface area contributed by atoms with Crippen molar-refractivity contribution in [2.45, 2.75) is 50.9 Å². The van der Waals surface area contributed by atoms with Crippen molar-refractivity contribution in [3.63, 3.8) is 0 Å². The number of pyridine rings is 2. The number of benzene rings is 1. The summed E-state index contributed by atoms with van der Waals surface area (Å²) in [6, 6.07) is 11.0. The number of nitrogens with one attached hydrogen (secondary N) is 1. The Bertz CT molecular complexity index is 1410. The normalized spacial score (nSPS) is 18.2. The molecule has 3 aromatic heterocycles. The molecule has 0 amide bonds. The highest BCUT2D eigenvalue weighted by molar-refractivity contribution is 5.84. The zero-order valence-corrected chi connectivity index (χ0v) is 21.1. The van der Waals surface area contributed by atoms with Crippen molar-refractivity contribution in [2.24, 2.45) is 0 Å². The van der Waals surface area contributed by atoms with Crippen LogP contribution in [-0.4, -0.2) is 68.0 Å². The van der Waals surface area contributed by atoms with E-state index in [2.05, 4.69) is 36.3 Å². The molecule has 0 spiro atoms. The number of likely N-dealkylation sites (tertiary alicyclic amines) is 1. The number of aliphatic hydroxyl groups is 1. The molecule has 7 nitrogen and oxygen atoms in total. The van der Waals surface area contributed by atoms with Gasteiger partial charge in [0.25, 0.3) is 0 Å². The van der Waals surface area contributed by atoms with E-state index in [1.54, 1.807) is 10.5 Å². The van der Waals surface area contributed by atoms with Crippen LogP contribution >= 0.6 is 0 Å². The van der Waals surface area contributed by atoms with Crippen LogP contribution < -0.4 is 5.32 Å². The minimum Gasteiger partial charge on any atom is -0.395 e. The zero-order chi connectivity index (χ0) is 26.4. The number of rotatable bonds is 6. The number of hydrogen-bond acceptors (Lipinski definition) is 6. The van der Waals surface area contributed by atoms with Crippen molar-refractivity contribution < 1.29 is 18.3 Å². The molecule has 0 radical (unpaired) electrons. The Morgan fingerprint density at radius 1 is 1.08 bits per heavy atom. The highest BCUT2D eigenvalue weighted by atomic mass is 19.4. The summed E-state index contributed by atoms with van der Waals surface area (Å²) in [6.07, 6.45) is -2.39. The van der Waals surface area contributed by atoms with Crippen LogP contribution in [-0.2, 0) is 5.41 Å². The Hall–Kier alpha value is -3.08. The summed E-state index contributed by atoms with van der Waals surface area (Å²) in [5.41, 5.74) is 2.91. The smallest absolute Gasteiger partial charge is 0.395 e. The van der Waals surface area contributed by atoms with E-state index < -0.39 is 12.2 Å². The number of aromatic nitrogens is 4. The maximum absolute atomic E-state index is 14.4. The molecule has 2 N–H and O–H groups in total. The quantitative estimate of drug-likeness (QED) is 0.396. The molecule has 37 heavy (non-hydrogen) atoms. The molecule has 196 valence electrons. The zero-order valence-electron chi connectivity index (χ0n) is 21.1. The molecule has 5 rings (SSSR count). The maximum Gasteiger partial charge on any atom is 0.408 e. The van der Waals surface area contributed by atoms with E-state index in [1.807, 2.05) is 30.3 Å². The predicted molar refractivity (Wildman–Crippen MR) is 136 cm³/mol. The summed E-state index contributed by atoms with van der Waals surface area (Å²) in [7, 11) is 0. The second kappa shape index (κ2) is 9.66. The second-order valence-corrected chi connectivity index (χ2v) is 10.6. The molecule has 0 bridgehead atoms. The summed E-state index contributed by atoms with van der Waals surface area (Å²) >= 11 is 0. The average Bonchev–Trinajstić information content (AvgIpc) is 3.47. The van der Waals surface area contributed by atoms with E-state index in [0.29, 0.717) is 36.7 Å². The molecule has 1 aliphatic heterocycles. The fourth-order valence-corrected chi connectivity index (χ4v) is 5.18. The molecule has 0 aliphatic carbocycles. The van der Waals surface area contributed by atoms with Gasteiger partial charge in [0.15, 0.2) is 11.5 Å². The lowest BCUT2D eigenvalue weighted by atomic mass is 9.85. The number of nitrogens with zero attached hydrogens (tertiary/aromatic N) is 5. The van der Waals surface area contributed by atoms with Crippen molar-refractivity contribution >= 4 is 16.6 Å². The van der Waals surface area contributed by atoms with E-state index in [1.165, 1.54) is 17.2 Å². The van der Waals surface area contributed by atoms with E-state index in [9.17, 15) is 13.2 Å². The van der Waals surface area contributed by atoms with Crippen LogP contribution in [0.2, 0.25) is 0 Å². The van der Waals surface area contributed by atoms with Gasteiger partial charge in [-0.25, -0.2) is 4.98 Å². The van der Waals surface area contributed by atoms with Gasteiger partial charge in [0.05, 0.1) is 12.1 Å². The number of hydrogen-bond donors (Lipinski definition) is 2. The van der Waals surface area contributed by atoms with E-state index in [-0.39, 0.29) is 30.2 Å². The van der Waals surface area contributed by atoms with Gasteiger partial charge < -0.3 is 10.4 Å². The SMILES string of the molecule is CC(C)(C)c1cccc2ccc(-c3nnc4ccc([C@@H](N5CC[C@H](NCCO)C5)C(F)(F)F)cn34)nc12. The first-order valence-corrected chi connectivity index (χ1v) is 12.5. The number of alkyl halides is 3. The fraction of sp³-hybridized carbons (Fsp3) is 0.444. The molecule has 0 saturated carbocycles. The average molecular weight is 513 g/mol. The second-order valence-electron chi connectivity index (χ2n) is 10.6. The molecule has 1 aromatic carbocycles. The Labute approximate surface area is 213 Å². The van der Waals surface area contributed by atoms with Gasteiger partial charge in [-0.2, -0.15) is 13.2 Å². The summed E-state index contributed by atoms with van der Waals surface area (Å²) in [5.74, 6) is 0.396. The van der Waals surface area contributed by atoms with Gasteiger partial charge >= 0.3 is 6.18 Å². The molecule has 10 heteroatoms. The Kier molecular flexibility index (Phi) is 6.68. The largest absolute Gasteiger partial charge is 0.408 e. The van der Waals surface area contributed by atoms with Gasteiger partial charge in [-0.1, -0.05) is 51.1 Å². The third kappa shape index (κ3) is 5.05. The van der Waals surface area contributed by atoms with Crippen molar-refractivity contribution in [3.05, 3.63) is 59.8 Å². The molecule has 1 aliphatic rings. The third-order valence-electron chi connectivity index (χ3n) is 6.94. The lowest BCUT2D eigenvalue weighted by Crippen LogP contribution is -2.40. The molecule has 0 unspecified atom stereocenters. The Balaban J connectivity index is 1.55. The molecular weight excluding hydrogens is 481 g/mol. The van der Waals surface area contributed by atoms with E-state index in [4.69, 9.17) is 10.1 Å². The summed E-state index contributed by atoms with van der Waals surface area (Å²) < 4.78 is 44.7. The number of fused-ring (bicyclic) bond motifs is 2. The molecular formula is C27H31F3N6O. The standard InChI is InChI=1S/C27H31F3N6O/c1-26(2,3)20-6-4-5-17-7-9-21(32-23(17)20)25-34-33-22-10-8-18(15-36(22)25)24(27(28,29)30)35-13-11-19(16-35)31-12-14-37/h4-10,15,19,24,31,37H,11-14,16H2,1-3H3/t19-,24+/m0/s1. The summed E-state index contributed by atoms with van der Waals surface area (Å²) in [4.78, 5) is 6.34. The lowest BCUT2D eigenvalue weighted by Gasteiger charge is -2.30. The number of halogens is 3. The van der Waals surface area contributed by atoms with Crippen LogP contribution in [0.4, 0.5) is 13.2 Å². The van der Waals surface area contributed by atoms with Crippen LogP contribution in [0.1, 0.15) is 44.4 Å². The van der Waals surface area contributed by atoms with Crippen LogP contribution in [0.25, 0.3) is 28.1 Å². The Morgan fingerprint density at radius 2 is 1.89 bits per heavy atom. The first kappa shape index (κ1) is 25.6. The third-order valence-corrected chi connectivity index (χ3v) is 6.94. The van der Waals surface area contributed by atoms with Gasteiger partial charge in [0, 0.05) is 37.3 Å². The lowest BCUT2D eigenvalue weighted by molar-refractivity contribution is -0.184. The molecule has 4 aromatic rings. The van der Waals surface area contributed by atoms with Crippen LogP contribution in [0.15, 0.2) is 48.7 Å². The van der Waals surface area contributed by atoms with Crippen molar-refractivity contribution in [2.75, 3.05) is 26.2 Å². The van der Waals surface area contributed by atoms with Gasteiger partial charge in [0.2, 0.25) is 0 Å². The topological polar surface area (TPSA) is 78.6 Å². The molecule has 1 saturated heterocycles. The van der Waals surface area contributed by atoms with Crippen LogP contribution in [0, 0.1) is 0 Å². The van der Waals surface area contributed by atoms with Crippen LogP contribution in [0.3, 0.4) is 0 Å². The van der Waals surface area contributed by atoms with E-state index in [0.717, 1.165) is 16.5 Å². The Morgan fingerprint density at radius 3 is 2.62 bits per heavy atom. The van der Waals surface area contributed by atoms with Gasteiger partial charge in [0.1, 0.15) is 11.7 Å². The van der Waals surface area contributed by atoms with Crippen molar-refractivity contribution in [1.29, 1.82) is 0 Å². The van der Waals surface area contributed by atoms with Gasteiger partial charge in [-0.15, -0.1) is 10.2 Å². The molecule has 1 fully saturated rings. The van der Waals surface area contributed by atoms with E-state index >= 15 is 0 Å². The van der Waals surface area contributed by atoms with Crippen molar-refractivity contribution in [3.8, 4) is 11.5 Å². The maximum atomic E-state index is 14.4.